The zero-order chi connectivity index (χ0) is 13.8. The second kappa shape index (κ2) is 6.26. The van der Waals surface area contributed by atoms with Crippen molar-refractivity contribution in [1.82, 2.24) is 4.72 Å². The summed E-state index contributed by atoms with van der Waals surface area (Å²) in [6.45, 7) is 3.00. The van der Waals surface area contributed by atoms with E-state index in [-0.39, 0.29) is 0 Å². The number of hydrogen-bond acceptors (Lipinski definition) is 4. The van der Waals surface area contributed by atoms with Crippen molar-refractivity contribution in [1.29, 1.82) is 0 Å². The number of rotatable bonds is 6. The van der Waals surface area contributed by atoms with Crippen LogP contribution in [0.25, 0.3) is 0 Å². The molecule has 0 heterocycles. The Morgan fingerprint density at radius 1 is 1.33 bits per heavy atom. The van der Waals surface area contributed by atoms with E-state index in [0.717, 1.165) is 17.5 Å². The van der Waals surface area contributed by atoms with E-state index < -0.39 is 10.0 Å². The Morgan fingerprint density at radius 2 is 2.00 bits per heavy atom. The largest absolute Gasteiger partial charge is 0.398 e. The van der Waals surface area contributed by atoms with Gasteiger partial charge < -0.3 is 11.1 Å². The molecule has 0 atom stereocenters. The molecule has 0 aliphatic rings. The van der Waals surface area contributed by atoms with E-state index in [1.165, 1.54) is 0 Å². The van der Waals surface area contributed by atoms with Crippen molar-refractivity contribution < 1.29 is 8.42 Å². The summed E-state index contributed by atoms with van der Waals surface area (Å²) >= 11 is 5.93. The second-order valence-electron chi connectivity index (χ2n) is 4.14. The average molecular weight is 292 g/mol. The summed E-state index contributed by atoms with van der Waals surface area (Å²) in [5.74, 6) is 0. The van der Waals surface area contributed by atoms with E-state index in [2.05, 4.69) is 10.0 Å². The molecule has 1 aromatic rings. The lowest BCUT2D eigenvalue weighted by molar-refractivity contribution is 0.586. The maximum atomic E-state index is 10.8. The van der Waals surface area contributed by atoms with Crippen LogP contribution in [-0.4, -0.2) is 27.8 Å². The fraction of sp³-hybridized carbons (Fsp3) is 0.455. The monoisotopic (exact) mass is 291 g/mol. The standard InChI is InChI=1S/C11H18ClN3O2S/c1-8-6-10(13)9(12)7-11(8)14-4-3-5-15-18(2,16)17/h6-7,14-15H,3-5,13H2,1-2H3. The van der Waals surface area contributed by atoms with Crippen molar-refractivity contribution in [2.45, 2.75) is 13.3 Å². The lowest BCUT2D eigenvalue weighted by Gasteiger charge is -2.11. The van der Waals surface area contributed by atoms with E-state index in [0.29, 0.717) is 30.2 Å². The van der Waals surface area contributed by atoms with Gasteiger partial charge in [-0.05, 0) is 31.0 Å². The average Bonchev–Trinajstić information content (AvgIpc) is 2.23. The van der Waals surface area contributed by atoms with Crippen LogP contribution in [0.3, 0.4) is 0 Å². The van der Waals surface area contributed by atoms with Crippen LogP contribution in [-0.2, 0) is 10.0 Å². The van der Waals surface area contributed by atoms with Crippen molar-refractivity contribution in [3.8, 4) is 0 Å². The fourth-order valence-electron chi connectivity index (χ4n) is 1.46. The van der Waals surface area contributed by atoms with Gasteiger partial charge in [0.25, 0.3) is 0 Å². The minimum atomic E-state index is -3.11. The molecule has 0 aliphatic carbocycles. The summed E-state index contributed by atoms with van der Waals surface area (Å²) in [6.07, 6.45) is 1.83. The van der Waals surface area contributed by atoms with Gasteiger partial charge in [-0.15, -0.1) is 0 Å². The van der Waals surface area contributed by atoms with Crippen LogP contribution in [0.1, 0.15) is 12.0 Å². The van der Waals surface area contributed by atoms with Crippen molar-refractivity contribution >= 4 is 33.0 Å². The van der Waals surface area contributed by atoms with Gasteiger partial charge in [0.15, 0.2) is 0 Å². The van der Waals surface area contributed by atoms with Gasteiger partial charge in [0.05, 0.1) is 17.0 Å². The van der Waals surface area contributed by atoms with Crippen LogP contribution in [0.2, 0.25) is 5.02 Å². The highest BCUT2D eigenvalue weighted by molar-refractivity contribution is 7.88. The molecule has 0 unspecified atom stereocenters. The van der Waals surface area contributed by atoms with Gasteiger partial charge in [-0.3, -0.25) is 0 Å². The Morgan fingerprint density at radius 3 is 2.61 bits per heavy atom. The summed E-state index contributed by atoms with van der Waals surface area (Å²) in [7, 11) is -3.11. The number of nitrogens with one attached hydrogen (secondary N) is 2. The molecule has 0 aliphatic heterocycles. The van der Waals surface area contributed by atoms with Crippen LogP contribution >= 0.6 is 11.6 Å². The van der Waals surface area contributed by atoms with Crippen molar-refractivity contribution in [2.24, 2.45) is 0 Å². The highest BCUT2D eigenvalue weighted by atomic mass is 35.5. The number of nitrogens with two attached hydrogens (primary N) is 1. The lowest BCUT2D eigenvalue weighted by atomic mass is 10.2. The Labute approximate surface area is 113 Å². The first-order valence-corrected chi connectivity index (χ1v) is 7.80. The van der Waals surface area contributed by atoms with E-state index >= 15 is 0 Å². The highest BCUT2D eigenvalue weighted by Crippen LogP contribution is 2.26. The molecule has 4 N–H and O–H groups in total. The van der Waals surface area contributed by atoms with Crippen molar-refractivity contribution in [2.75, 3.05) is 30.4 Å². The number of anilines is 2. The van der Waals surface area contributed by atoms with E-state index in [9.17, 15) is 8.42 Å². The van der Waals surface area contributed by atoms with Crippen LogP contribution in [0, 0.1) is 6.92 Å². The van der Waals surface area contributed by atoms with Crippen LogP contribution in [0.5, 0.6) is 0 Å². The summed E-state index contributed by atoms with van der Waals surface area (Å²) in [5, 5.41) is 3.70. The third kappa shape index (κ3) is 5.12. The van der Waals surface area contributed by atoms with Gasteiger partial charge in [-0.25, -0.2) is 13.1 Å². The van der Waals surface area contributed by atoms with E-state index in [4.69, 9.17) is 17.3 Å². The quantitative estimate of drug-likeness (QED) is 0.549. The predicted molar refractivity (Wildman–Crippen MR) is 76.6 cm³/mol. The fourth-order valence-corrected chi connectivity index (χ4v) is 2.14. The van der Waals surface area contributed by atoms with E-state index in [1.807, 2.05) is 6.92 Å². The van der Waals surface area contributed by atoms with Gasteiger partial charge in [0, 0.05) is 18.8 Å². The molecular formula is C11H18ClN3O2S. The summed E-state index contributed by atoms with van der Waals surface area (Å²) in [5.41, 5.74) is 8.15. The molecule has 102 valence electrons. The summed E-state index contributed by atoms with van der Waals surface area (Å²) in [4.78, 5) is 0. The first kappa shape index (κ1) is 15.1. The minimum absolute atomic E-state index is 0.410. The number of nitrogen functional groups attached to an aromatic ring is 1. The molecule has 0 fully saturated rings. The maximum absolute atomic E-state index is 10.8. The summed E-state index contributed by atoms with van der Waals surface area (Å²) < 4.78 is 24.1. The molecular weight excluding hydrogens is 274 g/mol. The normalized spacial score (nSPS) is 11.5. The van der Waals surface area contributed by atoms with E-state index in [1.54, 1.807) is 12.1 Å². The maximum Gasteiger partial charge on any atom is 0.208 e. The molecule has 5 nitrogen and oxygen atoms in total. The van der Waals surface area contributed by atoms with Crippen molar-refractivity contribution in [3.05, 3.63) is 22.7 Å². The Kier molecular flexibility index (Phi) is 5.25. The lowest BCUT2D eigenvalue weighted by Crippen LogP contribution is -2.24. The number of sulfonamides is 1. The number of benzene rings is 1. The third-order valence-corrected chi connectivity index (χ3v) is 3.43. The Bertz CT molecular complexity index is 517. The van der Waals surface area contributed by atoms with Gasteiger partial charge >= 0.3 is 0 Å². The van der Waals surface area contributed by atoms with Gasteiger partial charge in [0.1, 0.15) is 0 Å². The Balaban J connectivity index is 2.43. The molecule has 1 aromatic carbocycles. The predicted octanol–water partition coefficient (Wildman–Crippen LogP) is 1.58. The zero-order valence-corrected chi connectivity index (χ0v) is 12.0. The summed E-state index contributed by atoms with van der Waals surface area (Å²) in [6, 6.07) is 3.58. The third-order valence-electron chi connectivity index (χ3n) is 2.38. The van der Waals surface area contributed by atoms with Crippen LogP contribution in [0.15, 0.2) is 12.1 Å². The molecule has 0 aromatic heterocycles. The van der Waals surface area contributed by atoms with Gasteiger partial charge in [-0.1, -0.05) is 11.6 Å². The molecule has 0 radical (unpaired) electrons. The first-order chi connectivity index (χ1) is 8.29. The zero-order valence-electron chi connectivity index (χ0n) is 10.5. The molecule has 0 amide bonds. The topological polar surface area (TPSA) is 84.2 Å². The number of aryl methyl sites for hydroxylation is 1. The highest BCUT2D eigenvalue weighted by Gasteiger charge is 2.03. The molecule has 7 heteroatoms. The SMILES string of the molecule is Cc1cc(N)c(Cl)cc1NCCCNS(C)(=O)=O. The van der Waals surface area contributed by atoms with Crippen LogP contribution in [0.4, 0.5) is 11.4 Å². The second-order valence-corrected chi connectivity index (χ2v) is 6.38. The molecule has 1 rings (SSSR count). The molecule has 18 heavy (non-hydrogen) atoms. The number of halogens is 1. The first-order valence-electron chi connectivity index (χ1n) is 5.54. The molecule has 0 spiro atoms. The molecule has 0 bridgehead atoms. The van der Waals surface area contributed by atoms with Gasteiger partial charge in [-0.2, -0.15) is 0 Å². The van der Waals surface area contributed by atoms with Crippen molar-refractivity contribution in [3.63, 3.8) is 0 Å². The molecule has 0 saturated heterocycles. The molecule has 0 saturated carbocycles. The Hall–Kier alpha value is -0.980. The van der Waals surface area contributed by atoms with Gasteiger partial charge in [0.2, 0.25) is 10.0 Å². The smallest absolute Gasteiger partial charge is 0.208 e. The minimum Gasteiger partial charge on any atom is -0.398 e. The number of hydrogen-bond donors (Lipinski definition) is 3. The van der Waals surface area contributed by atoms with Crippen LogP contribution < -0.4 is 15.8 Å².